The highest BCUT2D eigenvalue weighted by Gasteiger charge is 2.36. The Labute approximate surface area is 191 Å². The lowest BCUT2D eigenvalue weighted by Crippen LogP contribution is -2.26. The third-order valence-electron chi connectivity index (χ3n) is 6.51. The first-order valence-corrected chi connectivity index (χ1v) is 10.5. The molecule has 8 nitrogen and oxygen atoms in total. The van der Waals surface area contributed by atoms with E-state index in [1.165, 1.54) is 0 Å². The molecule has 6 heterocycles. The Hall–Kier alpha value is -3.41. The van der Waals surface area contributed by atoms with Gasteiger partial charge in [-0.1, -0.05) is 0 Å². The van der Waals surface area contributed by atoms with Crippen molar-refractivity contribution >= 4 is 23.7 Å². The fourth-order valence-corrected chi connectivity index (χ4v) is 4.91. The average Bonchev–Trinajstić information content (AvgIpc) is 3.56. The maximum absolute atomic E-state index is 9.61. The van der Waals surface area contributed by atoms with Crippen LogP contribution in [0.5, 0.6) is 0 Å². The van der Waals surface area contributed by atoms with Crippen molar-refractivity contribution in [3.63, 3.8) is 0 Å². The molecule has 0 bridgehead atoms. The molecular formula is C23H23ClN8. The van der Waals surface area contributed by atoms with Crippen LogP contribution >= 0.6 is 12.4 Å². The van der Waals surface area contributed by atoms with E-state index in [-0.39, 0.29) is 12.4 Å². The van der Waals surface area contributed by atoms with Crippen LogP contribution in [-0.2, 0) is 7.05 Å². The quantitative estimate of drug-likeness (QED) is 0.520. The van der Waals surface area contributed by atoms with Gasteiger partial charge in [-0.3, -0.25) is 4.68 Å². The van der Waals surface area contributed by atoms with Crippen LogP contribution in [0.1, 0.15) is 5.56 Å². The molecule has 2 fully saturated rings. The van der Waals surface area contributed by atoms with Crippen LogP contribution in [0.3, 0.4) is 0 Å². The molecule has 2 saturated heterocycles. The number of halogens is 1. The normalized spacial score (nSPS) is 19.7. The van der Waals surface area contributed by atoms with Crippen LogP contribution in [0, 0.1) is 23.2 Å². The topological polar surface area (TPSA) is 87.1 Å². The molecule has 4 aromatic rings. The third-order valence-corrected chi connectivity index (χ3v) is 6.51. The summed E-state index contributed by atoms with van der Waals surface area (Å²) >= 11 is 0. The summed E-state index contributed by atoms with van der Waals surface area (Å²) in [6.45, 7) is 4.33. The Morgan fingerprint density at radius 3 is 2.56 bits per heavy atom. The summed E-state index contributed by atoms with van der Waals surface area (Å²) in [5.41, 5.74) is 5.04. The summed E-state index contributed by atoms with van der Waals surface area (Å²) in [5.74, 6) is 2.46. The van der Waals surface area contributed by atoms with E-state index in [9.17, 15) is 5.26 Å². The van der Waals surface area contributed by atoms with Gasteiger partial charge >= 0.3 is 0 Å². The number of nitriles is 1. The number of fused-ring (bicyclic) bond motifs is 2. The standard InChI is InChI=1S/C23H22N8.ClH/c1-29-5-4-21(28-29)16-6-20(23-17(7-24)11-27-31(23)14-16)15-2-3-22(26-10-15)30-12-18-8-25-9-19(18)13-30;/h2-6,10-11,14,18-19,25H,8-9,12-13H2,1H3;1H/t18-,19+;. The maximum Gasteiger partial charge on any atom is 0.128 e. The predicted octanol–water partition coefficient (Wildman–Crippen LogP) is 2.75. The van der Waals surface area contributed by atoms with Crippen molar-refractivity contribution in [3.05, 3.63) is 54.6 Å². The fourth-order valence-electron chi connectivity index (χ4n) is 4.91. The van der Waals surface area contributed by atoms with Crippen molar-refractivity contribution in [1.82, 2.24) is 29.7 Å². The first-order chi connectivity index (χ1) is 15.2. The monoisotopic (exact) mass is 446 g/mol. The van der Waals surface area contributed by atoms with E-state index >= 15 is 0 Å². The van der Waals surface area contributed by atoms with E-state index in [0.717, 1.165) is 71.7 Å². The van der Waals surface area contributed by atoms with Gasteiger partial charge in [0.1, 0.15) is 11.9 Å². The summed E-state index contributed by atoms with van der Waals surface area (Å²) in [7, 11) is 1.90. The highest BCUT2D eigenvalue weighted by Crippen LogP contribution is 2.33. The molecule has 1 N–H and O–H groups in total. The maximum atomic E-state index is 9.61. The van der Waals surface area contributed by atoms with E-state index in [1.807, 2.05) is 31.7 Å². The van der Waals surface area contributed by atoms with E-state index in [0.29, 0.717) is 5.56 Å². The molecule has 2 aliphatic heterocycles. The number of hydrogen-bond donors (Lipinski definition) is 1. The number of pyridine rings is 2. The summed E-state index contributed by atoms with van der Waals surface area (Å²) in [6, 6.07) is 10.5. The smallest absolute Gasteiger partial charge is 0.128 e. The molecule has 0 radical (unpaired) electrons. The highest BCUT2D eigenvalue weighted by atomic mass is 35.5. The van der Waals surface area contributed by atoms with Crippen molar-refractivity contribution in [2.24, 2.45) is 18.9 Å². The molecule has 0 spiro atoms. The second kappa shape index (κ2) is 7.93. The van der Waals surface area contributed by atoms with Crippen LogP contribution in [0.4, 0.5) is 5.82 Å². The molecular weight excluding hydrogens is 424 g/mol. The Balaban J connectivity index is 0.00000216. The van der Waals surface area contributed by atoms with Gasteiger partial charge in [-0.15, -0.1) is 12.4 Å². The summed E-state index contributed by atoms with van der Waals surface area (Å²) in [6.07, 6.45) is 7.36. The minimum atomic E-state index is 0. The first-order valence-electron chi connectivity index (χ1n) is 10.5. The summed E-state index contributed by atoms with van der Waals surface area (Å²) in [5, 5.41) is 22.0. The van der Waals surface area contributed by atoms with Gasteiger partial charge in [0.2, 0.25) is 0 Å². The molecule has 6 rings (SSSR count). The van der Waals surface area contributed by atoms with Crippen LogP contribution < -0.4 is 10.2 Å². The summed E-state index contributed by atoms with van der Waals surface area (Å²) < 4.78 is 3.54. The minimum absolute atomic E-state index is 0. The molecule has 0 unspecified atom stereocenters. The predicted molar refractivity (Wildman–Crippen MR) is 125 cm³/mol. The number of nitrogens with one attached hydrogen (secondary N) is 1. The summed E-state index contributed by atoms with van der Waals surface area (Å²) in [4.78, 5) is 7.18. The Morgan fingerprint density at radius 1 is 1.09 bits per heavy atom. The Kier molecular flexibility index (Phi) is 5.08. The number of aryl methyl sites for hydroxylation is 1. The lowest BCUT2D eigenvalue weighted by atomic mass is 10.0. The number of hydrogen-bond acceptors (Lipinski definition) is 6. The van der Waals surface area contributed by atoms with E-state index in [1.54, 1.807) is 15.4 Å². The van der Waals surface area contributed by atoms with Crippen molar-refractivity contribution in [1.29, 1.82) is 5.26 Å². The zero-order valence-electron chi connectivity index (χ0n) is 17.6. The Bertz CT molecular complexity index is 1300. The number of anilines is 1. The van der Waals surface area contributed by atoms with Gasteiger partial charge in [0.25, 0.3) is 0 Å². The highest BCUT2D eigenvalue weighted by molar-refractivity contribution is 5.87. The van der Waals surface area contributed by atoms with E-state index < -0.39 is 0 Å². The largest absolute Gasteiger partial charge is 0.356 e. The molecule has 4 aromatic heterocycles. The van der Waals surface area contributed by atoms with Crippen molar-refractivity contribution in [3.8, 4) is 28.5 Å². The average molecular weight is 447 g/mol. The molecule has 2 atom stereocenters. The van der Waals surface area contributed by atoms with Gasteiger partial charge in [0.05, 0.1) is 23.0 Å². The third kappa shape index (κ3) is 3.30. The molecule has 0 aromatic carbocycles. The number of aromatic nitrogens is 5. The number of rotatable bonds is 3. The lowest BCUT2D eigenvalue weighted by Gasteiger charge is -2.19. The lowest BCUT2D eigenvalue weighted by molar-refractivity contribution is 0.533. The second-order valence-electron chi connectivity index (χ2n) is 8.47. The van der Waals surface area contributed by atoms with E-state index in [4.69, 9.17) is 4.98 Å². The van der Waals surface area contributed by atoms with Crippen molar-refractivity contribution in [2.75, 3.05) is 31.1 Å². The molecule has 9 heteroatoms. The van der Waals surface area contributed by atoms with Crippen LogP contribution in [0.15, 0.2) is 49.1 Å². The zero-order valence-corrected chi connectivity index (χ0v) is 18.5. The van der Waals surface area contributed by atoms with Gasteiger partial charge in [0.15, 0.2) is 0 Å². The zero-order chi connectivity index (χ0) is 20.9. The van der Waals surface area contributed by atoms with Crippen molar-refractivity contribution < 1.29 is 0 Å². The molecule has 0 saturated carbocycles. The molecule has 0 amide bonds. The molecule has 0 aliphatic carbocycles. The van der Waals surface area contributed by atoms with Gasteiger partial charge in [-0.25, -0.2) is 9.50 Å². The van der Waals surface area contributed by atoms with Gasteiger partial charge in [-0.05, 0) is 36.1 Å². The first kappa shape index (κ1) is 20.5. The SMILES string of the molecule is Cl.Cn1ccc(-c2cc(-c3ccc(N4C[C@H]5CNC[C@H]5C4)nc3)c3c(C#N)cnn3c2)n1. The van der Waals surface area contributed by atoms with Gasteiger partial charge < -0.3 is 10.2 Å². The van der Waals surface area contributed by atoms with Gasteiger partial charge in [-0.2, -0.15) is 15.5 Å². The van der Waals surface area contributed by atoms with E-state index in [2.05, 4.69) is 44.7 Å². The molecule has 32 heavy (non-hydrogen) atoms. The minimum Gasteiger partial charge on any atom is -0.356 e. The fraction of sp³-hybridized carbons (Fsp3) is 0.304. The van der Waals surface area contributed by atoms with Crippen LogP contribution in [0.25, 0.3) is 27.9 Å². The van der Waals surface area contributed by atoms with Crippen molar-refractivity contribution in [2.45, 2.75) is 0 Å². The number of nitrogens with zero attached hydrogens (tertiary/aromatic N) is 7. The van der Waals surface area contributed by atoms with Gasteiger partial charge in [0, 0.05) is 68.5 Å². The second-order valence-corrected chi connectivity index (χ2v) is 8.47. The van der Waals surface area contributed by atoms with Crippen LogP contribution in [0.2, 0.25) is 0 Å². The molecule has 162 valence electrons. The molecule has 2 aliphatic rings. The Morgan fingerprint density at radius 2 is 1.91 bits per heavy atom. The van der Waals surface area contributed by atoms with Crippen LogP contribution in [-0.4, -0.2) is 50.6 Å².